The SMILES string of the molecule is CCN1C[C@@H]2C[C@]2(C(=O)c2ccccc2)c2ccccc21. The highest BCUT2D eigenvalue weighted by atomic mass is 16.1. The van der Waals surface area contributed by atoms with Gasteiger partial charge in [0.15, 0.2) is 5.78 Å². The molecule has 106 valence electrons. The summed E-state index contributed by atoms with van der Waals surface area (Å²) in [5.41, 5.74) is 3.07. The van der Waals surface area contributed by atoms with Crippen LogP contribution in [0.25, 0.3) is 0 Å². The van der Waals surface area contributed by atoms with E-state index in [1.54, 1.807) is 0 Å². The molecule has 0 N–H and O–H groups in total. The van der Waals surface area contributed by atoms with E-state index in [4.69, 9.17) is 0 Å². The Morgan fingerprint density at radius 3 is 2.62 bits per heavy atom. The first kappa shape index (κ1) is 12.6. The van der Waals surface area contributed by atoms with Gasteiger partial charge in [-0.2, -0.15) is 0 Å². The quantitative estimate of drug-likeness (QED) is 0.798. The molecule has 0 unspecified atom stereocenters. The monoisotopic (exact) mass is 277 g/mol. The van der Waals surface area contributed by atoms with Crippen molar-refractivity contribution < 1.29 is 4.79 Å². The number of rotatable bonds is 3. The number of benzene rings is 2. The Morgan fingerprint density at radius 2 is 1.86 bits per heavy atom. The van der Waals surface area contributed by atoms with Gasteiger partial charge in [-0.25, -0.2) is 0 Å². The van der Waals surface area contributed by atoms with Crippen LogP contribution in [0, 0.1) is 5.92 Å². The predicted molar refractivity (Wildman–Crippen MR) is 84.9 cm³/mol. The fraction of sp³-hybridized carbons (Fsp3) is 0.316. The Balaban J connectivity index is 1.82. The van der Waals surface area contributed by atoms with Crippen molar-refractivity contribution >= 4 is 11.5 Å². The van der Waals surface area contributed by atoms with E-state index in [2.05, 4.69) is 36.1 Å². The van der Waals surface area contributed by atoms with Crippen LogP contribution < -0.4 is 4.90 Å². The molecule has 0 aromatic heterocycles. The van der Waals surface area contributed by atoms with E-state index >= 15 is 0 Å². The molecule has 1 aliphatic carbocycles. The molecule has 1 aliphatic heterocycles. The van der Waals surface area contributed by atoms with Crippen LogP contribution in [-0.2, 0) is 5.41 Å². The van der Waals surface area contributed by atoms with Gasteiger partial charge >= 0.3 is 0 Å². The second kappa shape index (κ2) is 4.45. The largest absolute Gasteiger partial charge is 0.371 e. The summed E-state index contributed by atoms with van der Waals surface area (Å²) in [7, 11) is 0. The molecule has 0 spiro atoms. The number of Topliss-reactive ketones (excluding diaryl/α,β-unsaturated/α-hetero) is 1. The lowest BCUT2D eigenvalue weighted by molar-refractivity contribution is 0.0936. The highest BCUT2D eigenvalue weighted by Gasteiger charge is 2.63. The van der Waals surface area contributed by atoms with Gasteiger partial charge in [0.05, 0.1) is 5.41 Å². The zero-order chi connectivity index (χ0) is 14.4. The average molecular weight is 277 g/mol. The number of hydrogen-bond acceptors (Lipinski definition) is 2. The highest BCUT2D eigenvalue weighted by Crippen LogP contribution is 2.61. The smallest absolute Gasteiger partial charge is 0.173 e. The van der Waals surface area contributed by atoms with Crippen molar-refractivity contribution in [2.45, 2.75) is 18.8 Å². The molecule has 4 rings (SSSR count). The van der Waals surface area contributed by atoms with Crippen molar-refractivity contribution in [2.24, 2.45) is 5.92 Å². The second-order valence-corrected chi connectivity index (χ2v) is 6.12. The molecule has 2 heteroatoms. The van der Waals surface area contributed by atoms with Gasteiger partial charge in [0.25, 0.3) is 0 Å². The third-order valence-electron chi connectivity index (χ3n) is 5.09. The number of hydrogen-bond donors (Lipinski definition) is 0. The Hall–Kier alpha value is -2.09. The topological polar surface area (TPSA) is 20.3 Å². The zero-order valence-corrected chi connectivity index (χ0v) is 12.3. The van der Waals surface area contributed by atoms with Crippen molar-refractivity contribution in [3.05, 3.63) is 65.7 Å². The lowest BCUT2D eigenvalue weighted by Crippen LogP contribution is -2.37. The molecule has 1 saturated carbocycles. The fourth-order valence-electron chi connectivity index (χ4n) is 3.92. The zero-order valence-electron chi connectivity index (χ0n) is 12.3. The molecule has 2 aromatic carbocycles. The van der Waals surface area contributed by atoms with Gasteiger partial charge in [-0.15, -0.1) is 0 Å². The summed E-state index contributed by atoms with van der Waals surface area (Å²) < 4.78 is 0. The summed E-state index contributed by atoms with van der Waals surface area (Å²) in [6, 6.07) is 18.2. The highest BCUT2D eigenvalue weighted by molar-refractivity contribution is 6.08. The van der Waals surface area contributed by atoms with Crippen LogP contribution in [0.4, 0.5) is 5.69 Å². The Kier molecular flexibility index (Phi) is 2.68. The first-order valence-electron chi connectivity index (χ1n) is 7.71. The lowest BCUT2D eigenvalue weighted by Gasteiger charge is -2.34. The maximum Gasteiger partial charge on any atom is 0.173 e. The number of carbonyl (C=O) groups excluding carboxylic acids is 1. The summed E-state index contributed by atoms with van der Waals surface area (Å²) in [5, 5.41) is 0. The first-order chi connectivity index (χ1) is 10.3. The van der Waals surface area contributed by atoms with Gasteiger partial charge in [-0.1, -0.05) is 48.5 Å². The van der Waals surface area contributed by atoms with E-state index < -0.39 is 0 Å². The van der Waals surface area contributed by atoms with E-state index in [9.17, 15) is 4.79 Å². The van der Waals surface area contributed by atoms with Gasteiger partial charge in [0, 0.05) is 24.3 Å². The van der Waals surface area contributed by atoms with E-state index in [0.717, 1.165) is 25.1 Å². The summed E-state index contributed by atoms with van der Waals surface area (Å²) in [4.78, 5) is 15.5. The molecule has 0 radical (unpaired) electrons. The minimum Gasteiger partial charge on any atom is -0.371 e. The predicted octanol–water partition coefficient (Wildman–Crippen LogP) is 3.67. The Labute approximate surface area is 125 Å². The van der Waals surface area contributed by atoms with Crippen molar-refractivity contribution in [1.82, 2.24) is 0 Å². The van der Waals surface area contributed by atoms with Gasteiger partial charge < -0.3 is 4.90 Å². The van der Waals surface area contributed by atoms with Crippen molar-refractivity contribution in [2.75, 3.05) is 18.0 Å². The van der Waals surface area contributed by atoms with Gasteiger partial charge in [-0.05, 0) is 30.9 Å². The van der Waals surface area contributed by atoms with E-state index in [1.807, 2.05) is 30.3 Å². The van der Waals surface area contributed by atoms with Gasteiger partial charge in [0.1, 0.15) is 0 Å². The maximum absolute atomic E-state index is 13.1. The minimum atomic E-state index is -0.260. The van der Waals surface area contributed by atoms with Crippen molar-refractivity contribution in [3.8, 4) is 0 Å². The van der Waals surface area contributed by atoms with Crippen LogP contribution in [-0.4, -0.2) is 18.9 Å². The third kappa shape index (κ3) is 1.68. The standard InChI is InChI=1S/C19H19NO/c1-2-20-13-15-12-19(15,16-10-6-7-11-17(16)20)18(21)14-8-4-3-5-9-14/h3-11,15H,2,12-13H2,1H3/t15-,19+/m0/s1. The minimum absolute atomic E-state index is 0.260. The van der Waals surface area contributed by atoms with Gasteiger partial charge in [-0.3, -0.25) is 4.79 Å². The summed E-state index contributed by atoms with van der Waals surface area (Å²) >= 11 is 0. The number of nitrogens with zero attached hydrogens (tertiary/aromatic N) is 1. The normalized spacial score (nSPS) is 26.0. The maximum atomic E-state index is 13.1. The molecule has 0 bridgehead atoms. The Bertz CT molecular complexity index is 694. The van der Waals surface area contributed by atoms with Gasteiger partial charge in [0.2, 0.25) is 0 Å². The van der Waals surface area contributed by atoms with Crippen LogP contribution in [0.3, 0.4) is 0 Å². The number of para-hydroxylation sites is 1. The third-order valence-corrected chi connectivity index (χ3v) is 5.09. The molecule has 21 heavy (non-hydrogen) atoms. The van der Waals surface area contributed by atoms with Crippen molar-refractivity contribution in [3.63, 3.8) is 0 Å². The number of anilines is 1. The van der Waals surface area contributed by atoms with Crippen LogP contribution in [0.2, 0.25) is 0 Å². The number of ketones is 1. The summed E-state index contributed by atoms with van der Waals surface area (Å²) in [6.07, 6.45) is 0.994. The first-order valence-corrected chi connectivity index (χ1v) is 7.71. The van der Waals surface area contributed by atoms with Crippen LogP contribution >= 0.6 is 0 Å². The van der Waals surface area contributed by atoms with Crippen LogP contribution in [0.15, 0.2) is 54.6 Å². The fourth-order valence-corrected chi connectivity index (χ4v) is 3.92. The molecule has 1 heterocycles. The van der Waals surface area contributed by atoms with Crippen LogP contribution in [0.5, 0.6) is 0 Å². The summed E-state index contributed by atoms with van der Waals surface area (Å²) in [6.45, 7) is 4.19. The Morgan fingerprint density at radius 1 is 1.14 bits per heavy atom. The average Bonchev–Trinajstić information content (AvgIpc) is 3.30. The van der Waals surface area contributed by atoms with Crippen LogP contribution in [0.1, 0.15) is 29.3 Å². The summed E-state index contributed by atoms with van der Waals surface area (Å²) in [5.74, 6) is 0.774. The van der Waals surface area contributed by atoms with E-state index in [0.29, 0.717) is 11.7 Å². The lowest BCUT2D eigenvalue weighted by atomic mass is 9.82. The van der Waals surface area contributed by atoms with E-state index in [1.165, 1.54) is 11.3 Å². The van der Waals surface area contributed by atoms with E-state index in [-0.39, 0.29) is 5.41 Å². The number of fused-ring (bicyclic) bond motifs is 3. The molecule has 1 fully saturated rings. The molecule has 2 atom stereocenters. The number of carbonyl (C=O) groups is 1. The molecule has 0 amide bonds. The molecule has 2 aliphatic rings. The molecule has 0 saturated heterocycles. The molecule has 2 nitrogen and oxygen atoms in total. The van der Waals surface area contributed by atoms with Crippen molar-refractivity contribution in [1.29, 1.82) is 0 Å². The molecule has 2 aromatic rings. The second-order valence-electron chi connectivity index (χ2n) is 6.12. The molecular formula is C19H19NO. The molecular weight excluding hydrogens is 258 g/mol.